The molecule has 0 aliphatic heterocycles. The summed E-state index contributed by atoms with van der Waals surface area (Å²) < 4.78 is 33.2. The van der Waals surface area contributed by atoms with Gasteiger partial charge in [0.15, 0.2) is 11.6 Å². The van der Waals surface area contributed by atoms with E-state index in [2.05, 4.69) is 15.9 Å². The Bertz CT molecular complexity index is 553. The minimum Gasteiger partial charge on any atom is -0.486 e. The first-order valence-electron chi connectivity index (χ1n) is 6.87. The monoisotopic (exact) mass is 344 g/mol. The summed E-state index contributed by atoms with van der Waals surface area (Å²) in [5, 5.41) is 0. The van der Waals surface area contributed by atoms with Crippen molar-refractivity contribution in [2.24, 2.45) is 5.41 Å². The van der Waals surface area contributed by atoms with E-state index in [9.17, 15) is 13.6 Å². The van der Waals surface area contributed by atoms with Crippen molar-refractivity contribution in [3.05, 3.63) is 28.2 Å². The molecule has 2 fully saturated rings. The van der Waals surface area contributed by atoms with Crippen LogP contribution in [0.2, 0.25) is 0 Å². The first-order chi connectivity index (χ1) is 9.53. The fourth-order valence-corrected chi connectivity index (χ4v) is 3.73. The second-order valence-corrected chi connectivity index (χ2v) is 6.57. The Hall–Kier alpha value is -0.970. The Morgan fingerprint density at radius 1 is 1.20 bits per heavy atom. The van der Waals surface area contributed by atoms with E-state index in [4.69, 9.17) is 4.74 Å². The molecule has 1 aromatic carbocycles. The van der Waals surface area contributed by atoms with Gasteiger partial charge in [-0.25, -0.2) is 4.39 Å². The van der Waals surface area contributed by atoms with Gasteiger partial charge in [0.25, 0.3) is 0 Å². The van der Waals surface area contributed by atoms with Gasteiger partial charge in [-0.2, -0.15) is 4.39 Å². The van der Waals surface area contributed by atoms with Gasteiger partial charge >= 0.3 is 0 Å². The number of Topliss-reactive ketones (excluding diaryl/α,β-unsaturated/α-hetero) is 1. The van der Waals surface area contributed by atoms with E-state index in [1.807, 2.05) is 0 Å². The summed E-state index contributed by atoms with van der Waals surface area (Å²) >= 11 is 3.12. The maximum absolute atomic E-state index is 13.7. The first-order valence-corrected chi connectivity index (χ1v) is 7.67. The molecule has 0 radical (unpaired) electrons. The molecule has 1 atom stereocenters. The average Bonchev–Trinajstić information content (AvgIpc) is 2.44. The molecule has 3 rings (SSSR count). The van der Waals surface area contributed by atoms with Crippen LogP contribution in [-0.2, 0) is 4.79 Å². The van der Waals surface area contributed by atoms with Gasteiger partial charge in [0, 0.05) is 10.9 Å². The lowest BCUT2D eigenvalue weighted by Crippen LogP contribution is -2.57. The Morgan fingerprint density at radius 2 is 1.90 bits per heavy atom. The van der Waals surface area contributed by atoms with Crippen LogP contribution in [0.3, 0.4) is 0 Å². The number of ether oxygens (including phenoxy) is 1. The summed E-state index contributed by atoms with van der Waals surface area (Å²) in [4.78, 5) is 12.0. The van der Waals surface area contributed by atoms with Crippen LogP contribution in [0.15, 0.2) is 16.6 Å². The van der Waals surface area contributed by atoms with Crippen LogP contribution >= 0.6 is 15.9 Å². The van der Waals surface area contributed by atoms with E-state index < -0.39 is 17.0 Å². The Morgan fingerprint density at radius 3 is 2.55 bits per heavy atom. The van der Waals surface area contributed by atoms with Crippen LogP contribution in [-0.4, -0.2) is 11.9 Å². The van der Waals surface area contributed by atoms with Crippen molar-refractivity contribution >= 4 is 21.7 Å². The molecule has 0 N–H and O–H groups in total. The van der Waals surface area contributed by atoms with Gasteiger partial charge in [-0.1, -0.05) is 35.2 Å². The largest absolute Gasteiger partial charge is 0.486 e. The lowest BCUT2D eigenvalue weighted by Gasteiger charge is -2.49. The van der Waals surface area contributed by atoms with Gasteiger partial charge in [-0.3, -0.25) is 4.79 Å². The van der Waals surface area contributed by atoms with Crippen molar-refractivity contribution in [3.63, 3.8) is 0 Å². The number of hydrogen-bond acceptors (Lipinski definition) is 2. The topological polar surface area (TPSA) is 26.3 Å². The van der Waals surface area contributed by atoms with Crippen molar-refractivity contribution in [2.75, 3.05) is 0 Å². The van der Waals surface area contributed by atoms with E-state index in [-0.39, 0.29) is 17.6 Å². The summed E-state index contributed by atoms with van der Waals surface area (Å²) in [7, 11) is 0. The number of benzene rings is 1. The molecule has 0 amide bonds. The van der Waals surface area contributed by atoms with Crippen molar-refractivity contribution in [1.82, 2.24) is 0 Å². The quantitative estimate of drug-likeness (QED) is 0.743. The predicted octanol–water partition coefficient (Wildman–Crippen LogP) is 4.40. The first kappa shape index (κ1) is 14.0. The zero-order chi connectivity index (χ0) is 14.3. The number of carbonyl (C=O) groups excluding carboxylic acids is 1. The van der Waals surface area contributed by atoms with Gasteiger partial charge in [0.2, 0.25) is 5.82 Å². The van der Waals surface area contributed by atoms with Gasteiger partial charge in [0.05, 0.1) is 5.41 Å². The second kappa shape index (κ2) is 5.10. The third-order valence-electron chi connectivity index (χ3n) is 4.52. The van der Waals surface area contributed by atoms with Crippen molar-refractivity contribution in [3.8, 4) is 5.75 Å². The number of hydrogen-bond donors (Lipinski definition) is 0. The average molecular weight is 345 g/mol. The standard InChI is InChI=1S/C15H15BrF2O2/c16-9-6-10(17)14(18)11(7-9)20-13-8-12(19)15(13)4-2-1-3-5-15/h6-7,13H,1-5,8H2. The van der Waals surface area contributed by atoms with E-state index in [1.165, 1.54) is 6.07 Å². The van der Waals surface area contributed by atoms with Crippen molar-refractivity contribution in [1.29, 1.82) is 0 Å². The van der Waals surface area contributed by atoms with Gasteiger partial charge < -0.3 is 4.74 Å². The zero-order valence-corrected chi connectivity index (χ0v) is 12.5. The molecular formula is C15H15BrF2O2. The minimum atomic E-state index is -0.987. The highest BCUT2D eigenvalue weighted by molar-refractivity contribution is 9.10. The molecule has 2 saturated carbocycles. The molecule has 1 spiro atoms. The van der Waals surface area contributed by atoms with Gasteiger partial charge in [-0.05, 0) is 25.0 Å². The zero-order valence-electron chi connectivity index (χ0n) is 10.9. The van der Waals surface area contributed by atoms with Crippen LogP contribution in [0.4, 0.5) is 8.78 Å². The number of halogens is 3. The highest BCUT2D eigenvalue weighted by Crippen LogP contribution is 2.50. The molecule has 20 heavy (non-hydrogen) atoms. The Balaban J connectivity index is 1.83. The highest BCUT2D eigenvalue weighted by Gasteiger charge is 2.56. The smallest absolute Gasteiger partial charge is 0.200 e. The Kier molecular flexibility index (Phi) is 3.56. The molecule has 1 unspecified atom stereocenters. The Labute approximate surface area is 124 Å². The molecule has 0 aromatic heterocycles. The summed E-state index contributed by atoms with van der Waals surface area (Å²) in [5.41, 5.74) is -0.455. The van der Waals surface area contributed by atoms with E-state index >= 15 is 0 Å². The highest BCUT2D eigenvalue weighted by atomic mass is 79.9. The third kappa shape index (κ3) is 2.16. The predicted molar refractivity (Wildman–Crippen MR) is 73.6 cm³/mol. The van der Waals surface area contributed by atoms with Crippen LogP contribution in [0.25, 0.3) is 0 Å². The number of rotatable bonds is 2. The molecule has 108 valence electrons. The van der Waals surface area contributed by atoms with E-state index in [0.717, 1.165) is 38.2 Å². The van der Waals surface area contributed by atoms with Crippen LogP contribution in [0, 0.1) is 17.0 Å². The maximum Gasteiger partial charge on any atom is 0.200 e. The molecule has 0 saturated heterocycles. The normalized spacial score (nSPS) is 24.6. The molecule has 0 heterocycles. The summed E-state index contributed by atoms with van der Waals surface area (Å²) in [6.07, 6.45) is 4.71. The summed E-state index contributed by atoms with van der Waals surface area (Å²) in [5.74, 6) is -1.84. The van der Waals surface area contributed by atoms with Crippen LogP contribution < -0.4 is 4.74 Å². The number of carbonyl (C=O) groups is 1. The lowest BCUT2D eigenvalue weighted by molar-refractivity contribution is -0.157. The molecule has 5 heteroatoms. The SMILES string of the molecule is O=C1CC(Oc2cc(Br)cc(F)c2F)C12CCCCC2. The van der Waals surface area contributed by atoms with Crippen LogP contribution in [0.5, 0.6) is 5.75 Å². The van der Waals surface area contributed by atoms with Gasteiger partial charge in [0.1, 0.15) is 11.9 Å². The van der Waals surface area contributed by atoms with Crippen molar-refractivity contribution in [2.45, 2.75) is 44.6 Å². The number of ketones is 1. The second-order valence-electron chi connectivity index (χ2n) is 5.65. The third-order valence-corrected chi connectivity index (χ3v) is 4.97. The fraction of sp³-hybridized carbons (Fsp3) is 0.533. The molecule has 1 aromatic rings. The van der Waals surface area contributed by atoms with Gasteiger partial charge in [-0.15, -0.1) is 0 Å². The van der Waals surface area contributed by atoms with E-state index in [0.29, 0.717) is 10.9 Å². The summed E-state index contributed by atoms with van der Waals surface area (Å²) in [6, 6.07) is 2.47. The molecule has 2 nitrogen and oxygen atoms in total. The molecular weight excluding hydrogens is 330 g/mol. The van der Waals surface area contributed by atoms with Crippen LogP contribution in [0.1, 0.15) is 38.5 Å². The fourth-order valence-electron chi connectivity index (χ4n) is 3.32. The molecule has 2 aliphatic rings. The minimum absolute atomic E-state index is 0.112. The van der Waals surface area contributed by atoms with E-state index in [1.54, 1.807) is 0 Å². The molecule has 0 bridgehead atoms. The maximum atomic E-state index is 13.7. The summed E-state index contributed by atoms with van der Waals surface area (Å²) in [6.45, 7) is 0. The lowest BCUT2D eigenvalue weighted by atomic mass is 9.57. The van der Waals surface area contributed by atoms with Crippen molar-refractivity contribution < 1.29 is 18.3 Å². The molecule has 2 aliphatic carbocycles.